The lowest BCUT2D eigenvalue weighted by atomic mass is 9.99. The second-order valence-electron chi connectivity index (χ2n) is 8.78. The quantitative estimate of drug-likeness (QED) is 0.366. The lowest BCUT2D eigenvalue weighted by Crippen LogP contribution is -2.46. The van der Waals surface area contributed by atoms with Crippen molar-refractivity contribution in [2.24, 2.45) is 5.73 Å². The van der Waals surface area contributed by atoms with Gasteiger partial charge in [0.15, 0.2) is 5.69 Å². The fourth-order valence-electron chi connectivity index (χ4n) is 4.57. The van der Waals surface area contributed by atoms with Crippen LogP contribution in [0.2, 0.25) is 0 Å². The number of hydrogen-bond donors (Lipinski definition) is 4. The predicted molar refractivity (Wildman–Crippen MR) is 139 cm³/mol. The van der Waals surface area contributed by atoms with Gasteiger partial charge in [0.2, 0.25) is 5.91 Å². The number of phenolic OH excluding ortho intramolecular Hbond substituents is 1. The molecule has 1 heterocycles. The summed E-state index contributed by atoms with van der Waals surface area (Å²) in [6.45, 7) is 1.96. The predicted octanol–water partition coefficient (Wildman–Crippen LogP) is 3.54. The van der Waals surface area contributed by atoms with Gasteiger partial charge in [0, 0.05) is 11.7 Å². The third kappa shape index (κ3) is 5.03. The fraction of sp³-hybridized carbons (Fsp3) is 0.308. The van der Waals surface area contributed by atoms with E-state index >= 15 is 0 Å². The van der Waals surface area contributed by atoms with Crippen LogP contribution in [0.5, 0.6) is 5.75 Å². The Morgan fingerprint density at radius 3 is 2.42 bits per heavy atom. The Labute approximate surface area is 213 Å². The fourth-order valence-corrected chi connectivity index (χ4v) is 5.32. The van der Waals surface area contributed by atoms with E-state index in [-0.39, 0.29) is 34.0 Å². The van der Waals surface area contributed by atoms with E-state index in [1.807, 2.05) is 19.1 Å². The Bertz CT molecular complexity index is 1270. The highest BCUT2D eigenvalue weighted by atomic mass is 32.1. The number of phenols is 1. The third-order valence-electron chi connectivity index (χ3n) is 6.42. The Balaban J connectivity index is 1.88. The number of benzene rings is 2. The zero-order valence-corrected chi connectivity index (χ0v) is 20.8. The molecule has 1 aliphatic carbocycles. The van der Waals surface area contributed by atoms with E-state index in [0.717, 1.165) is 42.8 Å². The van der Waals surface area contributed by atoms with Gasteiger partial charge in [-0.3, -0.25) is 19.3 Å². The minimum atomic E-state index is -1.06. The van der Waals surface area contributed by atoms with Gasteiger partial charge in [0.1, 0.15) is 16.7 Å². The second kappa shape index (κ2) is 10.8. The topological polar surface area (TPSA) is 152 Å². The molecule has 0 aliphatic heterocycles. The number of para-hydroxylation sites is 1. The molecule has 188 valence electrons. The van der Waals surface area contributed by atoms with E-state index in [2.05, 4.69) is 9.69 Å². The summed E-state index contributed by atoms with van der Waals surface area (Å²) in [4.78, 5) is 41.2. The number of nitrogens with one attached hydrogen (secondary N) is 1. The Kier molecular flexibility index (Phi) is 7.54. The number of amides is 3. The van der Waals surface area contributed by atoms with Crippen molar-refractivity contribution in [1.82, 2.24) is 9.69 Å². The van der Waals surface area contributed by atoms with E-state index in [9.17, 15) is 19.5 Å². The number of nitrogen functional groups attached to an aromatic ring is 1. The van der Waals surface area contributed by atoms with Crippen LogP contribution >= 0.6 is 11.5 Å². The minimum absolute atomic E-state index is 0.0189. The smallest absolute Gasteiger partial charge is 0.273 e. The maximum atomic E-state index is 14.1. The summed E-state index contributed by atoms with van der Waals surface area (Å²) in [5.41, 5.74) is 13.1. The molecule has 1 aliphatic rings. The molecule has 0 radical (unpaired) electrons. The number of aryl methyl sites for hydroxylation is 1. The molecule has 3 amide bonds. The number of rotatable bonds is 8. The van der Waals surface area contributed by atoms with E-state index in [1.165, 1.54) is 17.0 Å². The maximum absolute atomic E-state index is 14.1. The number of nitrogens with zero attached hydrogens (tertiary/aromatic N) is 2. The molecule has 1 unspecified atom stereocenters. The number of nitrogens with two attached hydrogens (primary N) is 2. The molecule has 0 saturated heterocycles. The molecule has 4 rings (SSSR count). The Hall–Kier alpha value is -3.92. The molecule has 0 bridgehead atoms. The number of aromatic nitrogens is 1. The van der Waals surface area contributed by atoms with Crippen molar-refractivity contribution in [2.45, 2.75) is 51.1 Å². The average Bonchev–Trinajstić information content (AvgIpc) is 3.52. The van der Waals surface area contributed by atoms with Crippen molar-refractivity contribution < 1.29 is 19.5 Å². The molecule has 10 heteroatoms. The highest BCUT2D eigenvalue weighted by molar-refractivity contribution is 7.09. The lowest BCUT2D eigenvalue weighted by Gasteiger charge is -2.33. The largest absolute Gasteiger partial charge is 0.508 e. The van der Waals surface area contributed by atoms with Crippen LogP contribution in [0.4, 0.5) is 11.4 Å². The molecule has 3 aromatic rings. The number of hydrogen-bond acceptors (Lipinski definition) is 7. The zero-order valence-electron chi connectivity index (χ0n) is 19.9. The van der Waals surface area contributed by atoms with Gasteiger partial charge in [0.25, 0.3) is 11.8 Å². The third-order valence-corrected chi connectivity index (χ3v) is 7.27. The van der Waals surface area contributed by atoms with E-state index in [4.69, 9.17) is 11.5 Å². The number of primary amides is 1. The molecule has 1 saturated carbocycles. The van der Waals surface area contributed by atoms with Gasteiger partial charge in [-0.25, -0.2) is 0 Å². The molecular weight excluding hydrogens is 478 g/mol. The molecule has 9 nitrogen and oxygen atoms in total. The summed E-state index contributed by atoms with van der Waals surface area (Å²) in [5, 5.41) is 13.0. The van der Waals surface area contributed by atoms with Crippen LogP contribution in [0.1, 0.15) is 69.9 Å². The van der Waals surface area contributed by atoms with Crippen LogP contribution in [0.3, 0.4) is 0 Å². The van der Waals surface area contributed by atoms with E-state index in [1.54, 1.807) is 24.3 Å². The molecule has 6 N–H and O–H groups in total. The van der Waals surface area contributed by atoms with Gasteiger partial charge in [0.05, 0.1) is 5.69 Å². The first kappa shape index (κ1) is 25.2. The van der Waals surface area contributed by atoms with Crippen molar-refractivity contribution in [3.8, 4) is 5.75 Å². The van der Waals surface area contributed by atoms with Gasteiger partial charge in [-0.05, 0) is 60.1 Å². The number of carbonyl (C=O) groups excluding carboxylic acids is 3. The summed E-state index contributed by atoms with van der Waals surface area (Å²) in [6, 6.07) is 12.5. The monoisotopic (exact) mass is 507 g/mol. The second-order valence-corrected chi connectivity index (χ2v) is 9.55. The first-order chi connectivity index (χ1) is 17.3. The Morgan fingerprint density at radius 2 is 1.81 bits per heavy atom. The van der Waals surface area contributed by atoms with Crippen molar-refractivity contribution in [2.75, 3.05) is 10.6 Å². The van der Waals surface area contributed by atoms with Crippen molar-refractivity contribution in [1.29, 1.82) is 0 Å². The standard InChI is InChI=1S/C26H29N5O4S/c1-2-15-7-3-6-10-19(15)31(26(35)23-20(27)21(24(28)33)30-36-23)22(16-11-13-18(32)14-12-16)25(34)29-17-8-4-5-9-17/h3,6-7,10-14,17,22,32H,2,4-5,8-9,27H2,1H3,(H2,28,33)(H,29,34). The highest BCUT2D eigenvalue weighted by Crippen LogP contribution is 2.36. The van der Waals surface area contributed by atoms with Gasteiger partial charge < -0.3 is 21.9 Å². The molecule has 36 heavy (non-hydrogen) atoms. The maximum Gasteiger partial charge on any atom is 0.273 e. The van der Waals surface area contributed by atoms with Gasteiger partial charge in [-0.1, -0.05) is 50.1 Å². The van der Waals surface area contributed by atoms with Crippen molar-refractivity contribution in [3.05, 3.63) is 70.2 Å². The highest BCUT2D eigenvalue weighted by Gasteiger charge is 2.37. The normalized spacial score (nSPS) is 14.4. The van der Waals surface area contributed by atoms with Crippen LogP contribution < -0.4 is 21.7 Å². The van der Waals surface area contributed by atoms with Gasteiger partial charge in [-0.15, -0.1) is 0 Å². The molecule has 0 spiro atoms. The number of anilines is 2. The summed E-state index contributed by atoms with van der Waals surface area (Å²) in [5.74, 6) is -1.71. The SMILES string of the molecule is CCc1ccccc1N(C(=O)c1snc(C(N)=O)c1N)C(C(=O)NC1CCCC1)c1ccc(O)cc1. The minimum Gasteiger partial charge on any atom is -0.508 e. The summed E-state index contributed by atoms with van der Waals surface area (Å²) >= 11 is 0.770. The summed E-state index contributed by atoms with van der Waals surface area (Å²) < 4.78 is 3.99. The van der Waals surface area contributed by atoms with Crippen LogP contribution in [-0.2, 0) is 11.2 Å². The summed E-state index contributed by atoms with van der Waals surface area (Å²) in [6.07, 6.45) is 4.42. The first-order valence-corrected chi connectivity index (χ1v) is 12.6. The van der Waals surface area contributed by atoms with Crippen LogP contribution in [0.25, 0.3) is 0 Å². The molecule has 1 fully saturated rings. The lowest BCUT2D eigenvalue weighted by molar-refractivity contribution is -0.123. The number of aromatic hydroxyl groups is 1. The van der Waals surface area contributed by atoms with Crippen LogP contribution in [-0.4, -0.2) is 33.2 Å². The average molecular weight is 508 g/mol. The first-order valence-electron chi connectivity index (χ1n) is 11.9. The van der Waals surface area contributed by atoms with Crippen LogP contribution in [0.15, 0.2) is 48.5 Å². The van der Waals surface area contributed by atoms with E-state index in [0.29, 0.717) is 17.7 Å². The molecular formula is C26H29N5O4S. The van der Waals surface area contributed by atoms with Crippen molar-refractivity contribution >= 4 is 40.6 Å². The molecule has 2 aromatic carbocycles. The van der Waals surface area contributed by atoms with Gasteiger partial charge >= 0.3 is 0 Å². The summed E-state index contributed by atoms with van der Waals surface area (Å²) in [7, 11) is 0. The Morgan fingerprint density at radius 1 is 1.14 bits per heavy atom. The number of carbonyl (C=O) groups is 3. The van der Waals surface area contributed by atoms with Crippen molar-refractivity contribution in [3.63, 3.8) is 0 Å². The molecule has 1 aromatic heterocycles. The van der Waals surface area contributed by atoms with E-state index < -0.39 is 17.9 Å². The van der Waals surface area contributed by atoms with Gasteiger partial charge in [-0.2, -0.15) is 4.37 Å². The zero-order chi connectivity index (χ0) is 25.8. The van der Waals surface area contributed by atoms with Crippen LogP contribution in [0, 0.1) is 0 Å². The molecule has 1 atom stereocenters.